The fourth-order valence-corrected chi connectivity index (χ4v) is 0.937. The normalized spacial score (nSPS) is 34.0. The summed E-state index contributed by atoms with van der Waals surface area (Å²) in [6.45, 7) is 1.54. The molecule has 0 aromatic carbocycles. The molecule has 9 heavy (non-hydrogen) atoms. The lowest BCUT2D eigenvalue weighted by atomic mass is 10.2. The van der Waals surface area contributed by atoms with Gasteiger partial charge in [0.1, 0.15) is 0 Å². The molecule has 0 aromatic heterocycles. The van der Waals surface area contributed by atoms with Crippen LogP contribution in [0.2, 0.25) is 0 Å². The number of alkyl halides is 2. The maximum Gasteiger partial charge on any atom is 0.251 e. The van der Waals surface area contributed by atoms with Crippen molar-refractivity contribution in [3.05, 3.63) is 0 Å². The van der Waals surface area contributed by atoms with E-state index in [0.29, 0.717) is 0 Å². The Kier molecular flexibility index (Phi) is 1.47. The number of halogens is 2. The Morgan fingerprint density at radius 2 is 2.22 bits per heavy atom. The monoisotopic (exact) mass is 136 g/mol. The minimum atomic E-state index is -2.46. The second-order valence-electron chi connectivity index (χ2n) is 2.75. The Hall–Kier alpha value is -0.180. The summed E-state index contributed by atoms with van der Waals surface area (Å²) in [6, 6.07) is 0. The molecule has 2 unspecified atom stereocenters. The molecule has 0 bridgehead atoms. The number of aliphatic hydroxyl groups is 1. The number of aliphatic hydroxyl groups excluding tert-OH is 1. The first-order chi connectivity index (χ1) is 4.02. The third kappa shape index (κ3) is 1.61. The predicted molar refractivity (Wildman–Crippen MR) is 29.4 cm³/mol. The smallest absolute Gasteiger partial charge is 0.251 e. The van der Waals surface area contributed by atoms with E-state index in [1.807, 2.05) is 0 Å². The van der Waals surface area contributed by atoms with Crippen molar-refractivity contribution in [1.29, 1.82) is 0 Å². The van der Waals surface area contributed by atoms with E-state index in [9.17, 15) is 8.78 Å². The Morgan fingerprint density at radius 1 is 1.78 bits per heavy atom. The van der Waals surface area contributed by atoms with Gasteiger partial charge in [-0.15, -0.1) is 0 Å². The van der Waals surface area contributed by atoms with Gasteiger partial charge >= 0.3 is 0 Å². The first kappa shape index (κ1) is 6.93. The quantitative estimate of drug-likeness (QED) is 0.608. The molecule has 1 nitrogen and oxygen atoms in total. The van der Waals surface area contributed by atoms with Gasteiger partial charge in [-0.1, -0.05) is 0 Å². The molecule has 0 aliphatic heterocycles. The molecule has 0 amide bonds. The summed E-state index contributed by atoms with van der Waals surface area (Å²) in [4.78, 5) is 0. The molecular weight excluding hydrogens is 126 g/mol. The van der Waals surface area contributed by atoms with Crippen LogP contribution >= 0.6 is 0 Å². The van der Waals surface area contributed by atoms with E-state index in [4.69, 9.17) is 5.11 Å². The number of hydrogen-bond donors (Lipinski definition) is 1. The van der Waals surface area contributed by atoms with Crippen molar-refractivity contribution in [1.82, 2.24) is 0 Å². The maximum atomic E-state index is 12.0. The topological polar surface area (TPSA) is 20.2 Å². The van der Waals surface area contributed by atoms with Gasteiger partial charge in [0.05, 0.1) is 6.10 Å². The molecule has 0 aromatic rings. The summed E-state index contributed by atoms with van der Waals surface area (Å²) in [5.41, 5.74) is 0. The van der Waals surface area contributed by atoms with E-state index in [1.165, 1.54) is 6.92 Å². The van der Waals surface area contributed by atoms with Gasteiger partial charge in [-0.25, -0.2) is 8.78 Å². The molecular formula is C6H10F2O. The molecule has 1 N–H and O–H groups in total. The highest BCUT2D eigenvalue weighted by atomic mass is 19.3. The van der Waals surface area contributed by atoms with Crippen LogP contribution in [-0.4, -0.2) is 17.1 Å². The van der Waals surface area contributed by atoms with Gasteiger partial charge in [-0.05, 0) is 13.3 Å². The van der Waals surface area contributed by atoms with Gasteiger partial charge in [-0.3, -0.25) is 0 Å². The summed E-state index contributed by atoms with van der Waals surface area (Å²) < 4.78 is 24.1. The fourth-order valence-electron chi connectivity index (χ4n) is 0.937. The van der Waals surface area contributed by atoms with Crippen molar-refractivity contribution in [2.75, 3.05) is 0 Å². The minimum absolute atomic E-state index is 0.0299. The van der Waals surface area contributed by atoms with Gasteiger partial charge in [0.15, 0.2) is 0 Å². The highest BCUT2D eigenvalue weighted by molar-refractivity contribution is 4.95. The largest absolute Gasteiger partial charge is 0.393 e. The van der Waals surface area contributed by atoms with Crippen LogP contribution in [0.4, 0.5) is 8.78 Å². The molecule has 54 valence electrons. The highest BCUT2D eigenvalue weighted by Gasteiger charge is 2.56. The Bertz CT molecular complexity index is 112. The van der Waals surface area contributed by atoms with Gasteiger partial charge in [-0.2, -0.15) is 0 Å². The summed E-state index contributed by atoms with van der Waals surface area (Å²) in [5, 5.41) is 8.66. The predicted octanol–water partition coefficient (Wildman–Crippen LogP) is 1.41. The Labute approximate surface area is 52.7 Å². The summed E-state index contributed by atoms with van der Waals surface area (Å²) in [7, 11) is 0. The standard InChI is InChI=1S/C6H10F2O/c1-4(9)2-5-3-6(5,7)8/h4-5,9H,2-3H2,1H3. The lowest BCUT2D eigenvalue weighted by Crippen LogP contribution is -2.04. The summed E-state index contributed by atoms with van der Waals surface area (Å²) >= 11 is 0. The van der Waals surface area contributed by atoms with Crippen LogP contribution in [0.5, 0.6) is 0 Å². The van der Waals surface area contributed by atoms with Gasteiger partial charge in [0.2, 0.25) is 0 Å². The van der Waals surface area contributed by atoms with Crippen molar-refractivity contribution >= 4 is 0 Å². The molecule has 1 fully saturated rings. The third-order valence-corrected chi connectivity index (χ3v) is 1.58. The summed E-state index contributed by atoms with van der Waals surface area (Å²) in [6.07, 6.45) is -0.367. The molecule has 3 heteroatoms. The molecule has 1 aliphatic rings. The average molecular weight is 136 g/mol. The van der Waals surface area contributed by atoms with Crippen molar-refractivity contribution < 1.29 is 13.9 Å². The van der Waals surface area contributed by atoms with Crippen LogP contribution in [0, 0.1) is 5.92 Å². The molecule has 0 radical (unpaired) electrons. The second kappa shape index (κ2) is 1.90. The first-order valence-electron chi connectivity index (χ1n) is 3.08. The highest BCUT2D eigenvalue weighted by Crippen LogP contribution is 2.51. The zero-order valence-electron chi connectivity index (χ0n) is 5.27. The molecule has 0 saturated heterocycles. The van der Waals surface area contributed by atoms with E-state index >= 15 is 0 Å². The molecule has 1 rings (SSSR count). The Morgan fingerprint density at radius 3 is 2.33 bits per heavy atom. The van der Waals surface area contributed by atoms with Crippen LogP contribution < -0.4 is 0 Å². The third-order valence-electron chi connectivity index (χ3n) is 1.58. The number of rotatable bonds is 2. The average Bonchev–Trinajstić information content (AvgIpc) is 2.10. The van der Waals surface area contributed by atoms with E-state index in [1.54, 1.807) is 0 Å². The number of hydrogen-bond acceptors (Lipinski definition) is 1. The van der Waals surface area contributed by atoms with Crippen molar-refractivity contribution in [3.63, 3.8) is 0 Å². The van der Waals surface area contributed by atoms with E-state index in [0.717, 1.165) is 0 Å². The van der Waals surface area contributed by atoms with E-state index in [2.05, 4.69) is 0 Å². The maximum absolute atomic E-state index is 12.0. The molecule has 0 spiro atoms. The fraction of sp³-hybridized carbons (Fsp3) is 1.00. The van der Waals surface area contributed by atoms with E-state index < -0.39 is 17.9 Å². The van der Waals surface area contributed by atoms with E-state index in [-0.39, 0.29) is 12.8 Å². The zero-order chi connectivity index (χ0) is 7.07. The van der Waals surface area contributed by atoms with Crippen LogP contribution in [0.3, 0.4) is 0 Å². The SMILES string of the molecule is CC(O)CC1CC1(F)F. The Balaban J connectivity index is 2.20. The van der Waals surface area contributed by atoms with Crippen LogP contribution in [0.1, 0.15) is 19.8 Å². The van der Waals surface area contributed by atoms with Crippen LogP contribution in [0.25, 0.3) is 0 Å². The zero-order valence-corrected chi connectivity index (χ0v) is 5.27. The van der Waals surface area contributed by atoms with Crippen molar-refractivity contribution in [3.8, 4) is 0 Å². The van der Waals surface area contributed by atoms with Crippen molar-refractivity contribution in [2.45, 2.75) is 31.8 Å². The summed E-state index contributed by atoms with van der Waals surface area (Å²) in [5.74, 6) is -3.01. The van der Waals surface area contributed by atoms with Crippen LogP contribution in [0.15, 0.2) is 0 Å². The second-order valence-corrected chi connectivity index (χ2v) is 2.75. The molecule has 1 aliphatic carbocycles. The lowest BCUT2D eigenvalue weighted by molar-refractivity contribution is 0.0806. The van der Waals surface area contributed by atoms with Gasteiger partial charge in [0.25, 0.3) is 5.92 Å². The van der Waals surface area contributed by atoms with Gasteiger partial charge < -0.3 is 5.11 Å². The molecule has 0 heterocycles. The van der Waals surface area contributed by atoms with Crippen molar-refractivity contribution in [2.24, 2.45) is 5.92 Å². The first-order valence-corrected chi connectivity index (χ1v) is 3.08. The molecule has 2 atom stereocenters. The minimum Gasteiger partial charge on any atom is -0.393 e. The van der Waals surface area contributed by atoms with Crippen LogP contribution in [-0.2, 0) is 0 Å². The lowest BCUT2D eigenvalue weighted by Gasteiger charge is -2.00. The molecule has 1 saturated carbocycles. The van der Waals surface area contributed by atoms with Gasteiger partial charge in [0, 0.05) is 12.3 Å².